The fourth-order valence-electron chi connectivity index (χ4n) is 1.36. The first kappa shape index (κ1) is 13.7. The molecule has 0 aliphatic rings. The van der Waals surface area contributed by atoms with Crippen molar-refractivity contribution >= 4 is 10.0 Å². The SMILES string of the molecule is CC(C#N)N(C)S(=O)(=O)CCc1ccccc1. The van der Waals surface area contributed by atoms with Crippen LogP contribution in [0.1, 0.15) is 12.5 Å². The Bertz CT molecular complexity index is 491. The molecule has 4 nitrogen and oxygen atoms in total. The van der Waals surface area contributed by atoms with Gasteiger partial charge in [-0.2, -0.15) is 9.57 Å². The van der Waals surface area contributed by atoms with E-state index in [0.29, 0.717) is 6.42 Å². The summed E-state index contributed by atoms with van der Waals surface area (Å²) in [7, 11) is -1.92. The van der Waals surface area contributed by atoms with Gasteiger partial charge < -0.3 is 0 Å². The lowest BCUT2D eigenvalue weighted by Gasteiger charge is -2.18. The van der Waals surface area contributed by atoms with E-state index in [1.165, 1.54) is 7.05 Å². The molecule has 0 N–H and O–H groups in total. The van der Waals surface area contributed by atoms with Gasteiger partial charge in [-0.05, 0) is 18.9 Å². The summed E-state index contributed by atoms with van der Waals surface area (Å²) in [6.45, 7) is 1.57. The van der Waals surface area contributed by atoms with Gasteiger partial charge in [0, 0.05) is 7.05 Å². The van der Waals surface area contributed by atoms with Gasteiger partial charge in [-0.3, -0.25) is 0 Å². The molecule has 0 heterocycles. The summed E-state index contributed by atoms with van der Waals surface area (Å²) in [5.41, 5.74) is 0.981. The molecule has 0 saturated heterocycles. The monoisotopic (exact) mass is 252 g/mol. The minimum atomic E-state index is -3.36. The van der Waals surface area contributed by atoms with Crippen LogP contribution in [0.5, 0.6) is 0 Å². The third kappa shape index (κ3) is 3.84. The van der Waals surface area contributed by atoms with Gasteiger partial charge in [0.25, 0.3) is 0 Å². The molecule has 1 aromatic carbocycles. The number of nitriles is 1. The van der Waals surface area contributed by atoms with Crippen molar-refractivity contribution in [2.75, 3.05) is 12.8 Å². The molecule has 0 bridgehead atoms. The Labute approximate surface area is 103 Å². The number of aryl methyl sites for hydroxylation is 1. The maximum atomic E-state index is 11.9. The highest BCUT2D eigenvalue weighted by atomic mass is 32.2. The fourth-order valence-corrected chi connectivity index (χ4v) is 2.67. The molecular formula is C12H16N2O2S. The molecule has 5 heteroatoms. The first-order valence-electron chi connectivity index (χ1n) is 5.36. The second-order valence-corrected chi connectivity index (χ2v) is 6.02. The van der Waals surface area contributed by atoms with E-state index in [2.05, 4.69) is 0 Å². The molecule has 17 heavy (non-hydrogen) atoms. The van der Waals surface area contributed by atoms with E-state index >= 15 is 0 Å². The summed E-state index contributed by atoms with van der Waals surface area (Å²) < 4.78 is 24.9. The number of hydrogen-bond donors (Lipinski definition) is 0. The summed E-state index contributed by atoms with van der Waals surface area (Å²) >= 11 is 0. The molecule has 1 atom stereocenters. The molecule has 0 amide bonds. The lowest BCUT2D eigenvalue weighted by atomic mass is 10.2. The summed E-state index contributed by atoms with van der Waals surface area (Å²) in [6, 6.07) is 10.7. The Morgan fingerprint density at radius 1 is 1.35 bits per heavy atom. The zero-order valence-electron chi connectivity index (χ0n) is 10.00. The molecule has 0 fully saturated rings. The normalized spacial score (nSPS) is 13.3. The highest BCUT2D eigenvalue weighted by Gasteiger charge is 2.22. The molecule has 0 saturated carbocycles. The second kappa shape index (κ2) is 5.80. The fraction of sp³-hybridized carbons (Fsp3) is 0.417. The number of sulfonamides is 1. The van der Waals surface area contributed by atoms with Crippen molar-refractivity contribution < 1.29 is 8.42 Å². The molecule has 1 rings (SSSR count). The molecule has 92 valence electrons. The van der Waals surface area contributed by atoms with E-state index in [1.807, 2.05) is 36.4 Å². The Hall–Kier alpha value is -1.38. The molecule has 1 aromatic rings. The van der Waals surface area contributed by atoms with Crippen LogP contribution in [0, 0.1) is 11.3 Å². The van der Waals surface area contributed by atoms with Crippen molar-refractivity contribution in [3.05, 3.63) is 35.9 Å². The average molecular weight is 252 g/mol. The van der Waals surface area contributed by atoms with Gasteiger partial charge in [0.2, 0.25) is 10.0 Å². The van der Waals surface area contributed by atoms with Crippen LogP contribution in [0.25, 0.3) is 0 Å². The summed E-state index contributed by atoms with van der Waals surface area (Å²) in [4.78, 5) is 0. The van der Waals surface area contributed by atoms with E-state index in [-0.39, 0.29) is 5.75 Å². The molecule has 0 aromatic heterocycles. The number of nitrogens with zero attached hydrogens (tertiary/aromatic N) is 2. The van der Waals surface area contributed by atoms with Gasteiger partial charge in [0.05, 0.1) is 11.8 Å². The minimum Gasteiger partial charge on any atom is -0.212 e. The Balaban J connectivity index is 2.66. The van der Waals surface area contributed by atoms with Gasteiger partial charge in [-0.15, -0.1) is 0 Å². The zero-order valence-corrected chi connectivity index (χ0v) is 10.8. The van der Waals surface area contributed by atoms with Crippen LogP contribution in [-0.4, -0.2) is 31.6 Å². The summed E-state index contributed by atoms with van der Waals surface area (Å²) in [6.07, 6.45) is 0.464. The Morgan fingerprint density at radius 2 is 1.94 bits per heavy atom. The van der Waals surface area contributed by atoms with Crippen molar-refractivity contribution in [3.8, 4) is 6.07 Å². The van der Waals surface area contributed by atoms with Crippen molar-refractivity contribution in [2.24, 2.45) is 0 Å². The first-order valence-corrected chi connectivity index (χ1v) is 6.97. The summed E-state index contributed by atoms with van der Waals surface area (Å²) in [5, 5.41) is 8.70. The largest absolute Gasteiger partial charge is 0.215 e. The van der Waals surface area contributed by atoms with E-state index in [0.717, 1.165) is 9.87 Å². The van der Waals surface area contributed by atoms with E-state index in [9.17, 15) is 8.42 Å². The van der Waals surface area contributed by atoms with Crippen molar-refractivity contribution in [1.29, 1.82) is 5.26 Å². The number of rotatable bonds is 5. The molecule has 1 unspecified atom stereocenters. The van der Waals surface area contributed by atoms with Gasteiger partial charge >= 0.3 is 0 Å². The predicted octanol–water partition coefficient (Wildman–Crippen LogP) is 1.40. The highest BCUT2D eigenvalue weighted by Crippen LogP contribution is 2.07. The molecule has 0 aliphatic heterocycles. The molecule has 0 aliphatic carbocycles. The van der Waals surface area contributed by atoms with Crippen molar-refractivity contribution in [1.82, 2.24) is 4.31 Å². The Morgan fingerprint density at radius 3 is 2.47 bits per heavy atom. The van der Waals surface area contributed by atoms with Gasteiger partial charge in [-0.1, -0.05) is 30.3 Å². The average Bonchev–Trinajstić information content (AvgIpc) is 2.36. The first-order chi connectivity index (χ1) is 7.97. The minimum absolute atomic E-state index is 0.0273. The van der Waals surface area contributed by atoms with Crippen molar-refractivity contribution in [3.63, 3.8) is 0 Å². The van der Waals surface area contributed by atoms with E-state index < -0.39 is 16.1 Å². The van der Waals surface area contributed by atoms with Crippen molar-refractivity contribution in [2.45, 2.75) is 19.4 Å². The van der Waals surface area contributed by atoms with Gasteiger partial charge in [-0.25, -0.2) is 8.42 Å². The molecule has 0 radical (unpaired) electrons. The second-order valence-electron chi connectivity index (χ2n) is 3.87. The van der Waals surface area contributed by atoms with Crippen LogP contribution < -0.4 is 0 Å². The van der Waals surface area contributed by atoms with Crippen LogP contribution >= 0.6 is 0 Å². The van der Waals surface area contributed by atoms with Gasteiger partial charge in [0.15, 0.2) is 0 Å². The quantitative estimate of drug-likeness (QED) is 0.796. The number of benzene rings is 1. The zero-order chi connectivity index (χ0) is 12.9. The standard InChI is InChI=1S/C12H16N2O2S/c1-11(10-13)14(2)17(15,16)9-8-12-6-4-3-5-7-12/h3-7,11H,8-9H2,1-2H3. The van der Waals surface area contributed by atoms with Crippen LogP contribution in [0.4, 0.5) is 0 Å². The van der Waals surface area contributed by atoms with E-state index in [4.69, 9.17) is 5.26 Å². The number of hydrogen-bond acceptors (Lipinski definition) is 3. The predicted molar refractivity (Wildman–Crippen MR) is 66.8 cm³/mol. The van der Waals surface area contributed by atoms with E-state index in [1.54, 1.807) is 6.92 Å². The van der Waals surface area contributed by atoms with Crippen LogP contribution in [0.3, 0.4) is 0 Å². The third-order valence-electron chi connectivity index (χ3n) is 2.66. The maximum Gasteiger partial charge on any atom is 0.215 e. The van der Waals surface area contributed by atoms with Crippen LogP contribution in [0.15, 0.2) is 30.3 Å². The van der Waals surface area contributed by atoms with Gasteiger partial charge in [0.1, 0.15) is 6.04 Å². The maximum absolute atomic E-state index is 11.9. The highest BCUT2D eigenvalue weighted by molar-refractivity contribution is 7.89. The topological polar surface area (TPSA) is 61.2 Å². The smallest absolute Gasteiger partial charge is 0.212 e. The third-order valence-corrected chi connectivity index (χ3v) is 4.58. The lowest BCUT2D eigenvalue weighted by molar-refractivity contribution is 0.442. The van der Waals surface area contributed by atoms with Crippen LogP contribution in [-0.2, 0) is 16.4 Å². The Kier molecular flexibility index (Phi) is 4.67. The molecule has 0 spiro atoms. The summed E-state index contributed by atoms with van der Waals surface area (Å²) in [5.74, 6) is 0.0273. The van der Waals surface area contributed by atoms with Crippen LogP contribution in [0.2, 0.25) is 0 Å². The molecular weight excluding hydrogens is 236 g/mol. The lowest BCUT2D eigenvalue weighted by Crippen LogP contribution is -2.36.